The lowest BCUT2D eigenvalue weighted by atomic mass is 9.81. The fourth-order valence-corrected chi connectivity index (χ4v) is 6.07. The Kier molecular flexibility index (Phi) is 6.14. The lowest BCUT2D eigenvalue weighted by Crippen LogP contribution is -2.44. The molecule has 1 aliphatic rings. The van der Waals surface area contributed by atoms with Crippen LogP contribution in [0, 0.1) is 5.92 Å². The molecular weight excluding hydrogens is 390 g/mol. The van der Waals surface area contributed by atoms with Gasteiger partial charge >= 0.3 is 0 Å². The highest BCUT2D eigenvalue weighted by Gasteiger charge is 2.38. The van der Waals surface area contributed by atoms with E-state index in [4.69, 9.17) is 5.73 Å². The number of aromatic nitrogens is 1. The van der Waals surface area contributed by atoms with E-state index >= 15 is 0 Å². The van der Waals surface area contributed by atoms with Crippen LogP contribution in [0.3, 0.4) is 0 Å². The number of benzene rings is 1. The van der Waals surface area contributed by atoms with Gasteiger partial charge in [0.05, 0.1) is 16.3 Å². The maximum absolute atomic E-state index is 13.1. The van der Waals surface area contributed by atoms with Crippen LogP contribution < -0.4 is 5.73 Å². The van der Waals surface area contributed by atoms with Crippen molar-refractivity contribution in [1.82, 2.24) is 9.47 Å². The molecule has 0 bridgehead atoms. The molecule has 3 rings (SSSR count). The summed E-state index contributed by atoms with van der Waals surface area (Å²) in [6.07, 6.45) is 2.15. The van der Waals surface area contributed by atoms with Gasteiger partial charge in [0.25, 0.3) is 0 Å². The Morgan fingerprint density at radius 2 is 1.86 bits per heavy atom. The molecule has 0 amide bonds. The highest BCUT2D eigenvalue weighted by Crippen LogP contribution is 2.44. The summed E-state index contributed by atoms with van der Waals surface area (Å²) in [5.41, 5.74) is 5.86. The molecule has 3 atom stereocenters. The summed E-state index contributed by atoms with van der Waals surface area (Å²) in [6, 6.07) is 9.96. The van der Waals surface area contributed by atoms with Crippen LogP contribution in [-0.4, -0.2) is 53.0 Å². The highest BCUT2D eigenvalue weighted by molar-refractivity contribution is 7.91. The summed E-state index contributed by atoms with van der Waals surface area (Å²) in [7, 11) is -1.46. The molecule has 0 saturated heterocycles. The minimum Gasteiger partial charge on any atom is -0.494 e. The van der Waals surface area contributed by atoms with E-state index in [9.17, 15) is 18.6 Å². The van der Waals surface area contributed by atoms with Gasteiger partial charge in [-0.3, -0.25) is 4.57 Å². The molecule has 0 radical (unpaired) electrons. The molecule has 8 heteroatoms. The second-order valence-corrected chi connectivity index (χ2v) is 10.3. The minimum atomic E-state index is -3.52. The fourth-order valence-electron chi connectivity index (χ4n) is 4.39. The Hall–Kier alpha value is -2.19. The Morgan fingerprint density at radius 1 is 1.21 bits per heavy atom. The quantitative estimate of drug-likeness (QED) is 0.662. The van der Waals surface area contributed by atoms with Gasteiger partial charge in [0, 0.05) is 24.2 Å². The molecule has 0 aliphatic heterocycles. The molecule has 1 saturated carbocycles. The average molecular weight is 422 g/mol. The van der Waals surface area contributed by atoms with Gasteiger partial charge in [-0.15, -0.1) is 0 Å². The van der Waals surface area contributed by atoms with Gasteiger partial charge in [0.2, 0.25) is 5.88 Å². The molecule has 160 valence electrons. The summed E-state index contributed by atoms with van der Waals surface area (Å²) >= 11 is 0. The van der Waals surface area contributed by atoms with E-state index in [1.807, 2.05) is 0 Å². The van der Waals surface area contributed by atoms with E-state index in [1.54, 1.807) is 30.3 Å². The van der Waals surface area contributed by atoms with Crippen LogP contribution in [0.15, 0.2) is 41.3 Å². The maximum Gasteiger partial charge on any atom is 0.218 e. The molecule has 4 N–H and O–H groups in total. The van der Waals surface area contributed by atoms with E-state index in [1.165, 1.54) is 10.6 Å². The SMILES string of the molecule is CC(C)N(C)[C@@H]1CC[C@H](n2c(O)cc(N)c2O)[C@H](CS(=O)(=O)c2ccccc2)C1. The molecule has 0 spiro atoms. The number of nitrogen functional groups attached to an aromatic ring is 1. The van der Waals surface area contributed by atoms with Crippen LogP contribution in [0.1, 0.15) is 39.2 Å². The topological polar surface area (TPSA) is 109 Å². The predicted octanol–water partition coefficient (Wildman–Crippen LogP) is 3.01. The number of hydrogen-bond acceptors (Lipinski definition) is 6. The monoisotopic (exact) mass is 421 g/mol. The summed E-state index contributed by atoms with van der Waals surface area (Å²) in [5.74, 6) is -0.669. The van der Waals surface area contributed by atoms with Crippen molar-refractivity contribution in [3.05, 3.63) is 36.4 Å². The van der Waals surface area contributed by atoms with Gasteiger partial charge in [-0.1, -0.05) is 18.2 Å². The molecule has 1 aliphatic carbocycles. The minimum absolute atomic E-state index is 0.0545. The van der Waals surface area contributed by atoms with Crippen molar-refractivity contribution in [2.24, 2.45) is 5.92 Å². The molecule has 29 heavy (non-hydrogen) atoms. The number of aromatic hydroxyl groups is 2. The number of sulfone groups is 1. The summed E-state index contributed by atoms with van der Waals surface area (Å²) in [4.78, 5) is 2.56. The van der Waals surface area contributed by atoms with Gasteiger partial charge in [-0.2, -0.15) is 0 Å². The van der Waals surface area contributed by atoms with Crippen molar-refractivity contribution < 1.29 is 18.6 Å². The standard InChI is InChI=1S/C21H31N3O4S/c1-14(2)23(3)16-9-10-19(24-20(25)12-18(22)21(24)26)15(11-16)13-29(27,28)17-7-5-4-6-8-17/h4-8,12,14-16,19,25-26H,9-11,13,22H2,1-3H3/t15-,16+,19-/m0/s1. The zero-order valence-electron chi connectivity index (χ0n) is 17.2. The van der Waals surface area contributed by atoms with Crippen LogP contribution in [0.4, 0.5) is 5.69 Å². The van der Waals surface area contributed by atoms with Crippen molar-refractivity contribution in [2.75, 3.05) is 18.5 Å². The van der Waals surface area contributed by atoms with Crippen molar-refractivity contribution in [2.45, 2.75) is 56.1 Å². The second-order valence-electron chi connectivity index (χ2n) is 8.30. The van der Waals surface area contributed by atoms with Crippen molar-refractivity contribution >= 4 is 15.5 Å². The van der Waals surface area contributed by atoms with Gasteiger partial charge < -0.3 is 20.8 Å². The fraction of sp³-hybridized carbons (Fsp3) is 0.524. The first kappa shape index (κ1) is 21.5. The second kappa shape index (κ2) is 8.28. The van der Waals surface area contributed by atoms with Gasteiger partial charge in [0.15, 0.2) is 15.7 Å². The van der Waals surface area contributed by atoms with Crippen LogP contribution in [-0.2, 0) is 9.84 Å². The third-order valence-electron chi connectivity index (χ3n) is 6.19. The predicted molar refractivity (Wildman–Crippen MR) is 114 cm³/mol. The third kappa shape index (κ3) is 4.38. The first-order valence-electron chi connectivity index (χ1n) is 10.00. The van der Waals surface area contributed by atoms with Crippen molar-refractivity contribution in [3.63, 3.8) is 0 Å². The van der Waals surface area contributed by atoms with E-state index in [0.717, 1.165) is 6.42 Å². The molecule has 0 unspecified atom stereocenters. The summed E-state index contributed by atoms with van der Waals surface area (Å²) in [5, 5.41) is 20.7. The van der Waals surface area contributed by atoms with Crippen LogP contribution in [0.2, 0.25) is 0 Å². The number of rotatable bonds is 6. The maximum atomic E-state index is 13.1. The Labute approximate surface area is 172 Å². The Morgan fingerprint density at radius 3 is 2.41 bits per heavy atom. The molecule has 1 heterocycles. The zero-order valence-corrected chi connectivity index (χ0v) is 18.0. The van der Waals surface area contributed by atoms with E-state index in [2.05, 4.69) is 25.8 Å². The molecular formula is C21H31N3O4S. The zero-order chi connectivity index (χ0) is 21.3. The largest absolute Gasteiger partial charge is 0.494 e. The molecule has 7 nitrogen and oxygen atoms in total. The normalized spacial score (nSPS) is 23.0. The molecule has 1 aromatic carbocycles. The molecule has 2 aromatic rings. The number of nitrogens with zero attached hydrogens (tertiary/aromatic N) is 2. The van der Waals surface area contributed by atoms with Gasteiger partial charge in [0.1, 0.15) is 0 Å². The average Bonchev–Trinajstić information content (AvgIpc) is 2.93. The van der Waals surface area contributed by atoms with Crippen LogP contribution in [0.25, 0.3) is 0 Å². The number of anilines is 1. The lowest BCUT2D eigenvalue weighted by Gasteiger charge is -2.42. The molecule has 1 fully saturated rings. The van der Waals surface area contributed by atoms with Crippen molar-refractivity contribution in [1.29, 1.82) is 0 Å². The van der Waals surface area contributed by atoms with E-state index in [-0.39, 0.29) is 41.2 Å². The van der Waals surface area contributed by atoms with Gasteiger partial charge in [-0.25, -0.2) is 8.42 Å². The van der Waals surface area contributed by atoms with E-state index in [0.29, 0.717) is 23.8 Å². The van der Waals surface area contributed by atoms with Crippen LogP contribution >= 0.6 is 0 Å². The first-order chi connectivity index (χ1) is 13.6. The smallest absolute Gasteiger partial charge is 0.218 e. The Bertz CT molecular complexity index is 940. The molecule has 1 aromatic heterocycles. The van der Waals surface area contributed by atoms with E-state index < -0.39 is 9.84 Å². The summed E-state index contributed by atoms with van der Waals surface area (Å²) < 4.78 is 27.6. The third-order valence-corrected chi connectivity index (χ3v) is 8.05. The lowest BCUT2D eigenvalue weighted by molar-refractivity contribution is 0.100. The number of hydrogen-bond donors (Lipinski definition) is 3. The van der Waals surface area contributed by atoms with Crippen LogP contribution in [0.5, 0.6) is 11.8 Å². The highest BCUT2D eigenvalue weighted by atomic mass is 32.2. The van der Waals surface area contributed by atoms with Crippen molar-refractivity contribution in [3.8, 4) is 11.8 Å². The van der Waals surface area contributed by atoms with Gasteiger partial charge in [-0.05, 0) is 58.2 Å². The Balaban J connectivity index is 1.95. The number of nitrogens with two attached hydrogens (primary N) is 1. The summed E-state index contributed by atoms with van der Waals surface area (Å²) in [6.45, 7) is 4.23. The first-order valence-corrected chi connectivity index (χ1v) is 11.7.